The average Bonchev–Trinajstić information content (AvgIpc) is 2.66. The highest BCUT2D eigenvalue weighted by atomic mass is 16.5. The lowest BCUT2D eigenvalue weighted by Crippen LogP contribution is -2.17. The molecule has 0 unspecified atom stereocenters. The molecule has 0 N–H and O–H groups in total. The van der Waals surface area contributed by atoms with Crippen molar-refractivity contribution in [3.05, 3.63) is 100 Å². The van der Waals surface area contributed by atoms with Crippen LogP contribution < -0.4 is 4.74 Å². The van der Waals surface area contributed by atoms with E-state index in [2.05, 4.69) is 18.2 Å². The fourth-order valence-electron chi connectivity index (χ4n) is 3.50. The molecule has 3 nitrogen and oxygen atoms in total. The van der Waals surface area contributed by atoms with Crippen LogP contribution in [0.1, 0.15) is 33.5 Å². The van der Waals surface area contributed by atoms with Gasteiger partial charge in [-0.05, 0) is 34.9 Å². The van der Waals surface area contributed by atoms with Gasteiger partial charge in [-0.1, -0.05) is 54.6 Å². The lowest BCUT2D eigenvalue weighted by Gasteiger charge is -2.28. The summed E-state index contributed by atoms with van der Waals surface area (Å²) in [6.07, 6.45) is 11.1. The van der Waals surface area contributed by atoms with Crippen LogP contribution in [0.15, 0.2) is 77.9 Å². The van der Waals surface area contributed by atoms with Crippen molar-refractivity contribution < 1.29 is 14.3 Å². The number of rotatable bonds is 2. The fourth-order valence-corrected chi connectivity index (χ4v) is 3.50. The Morgan fingerprint density at radius 2 is 1.88 bits per heavy atom. The highest BCUT2D eigenvalue weighted by Gasteiger charge is 2.28. The lowest BCUT2D eigenvalue weighted by molar-refractivity contribution is 0.0689. The smallest absolute Gasteiger partial charge is 0.343 e. The van der Waals surface area contributed by atoms with E-state index in [-0.39, 0.29) is 5.97 Å². The second kappa shape index (κ2) is 5.88. The van der Waals surface area contributed by atoms with Crippen LogP contribution in [0, 0.1) is 0 Å². The van der Waals surface area contributed by atoms with Crippen molar-refractivity contribution in [3.8, 4) is 5.75 Å². The molecule has 0 spiro atoms. The molecule has 2 aliphatic carbocycles. The predicted octanol–water partition coefficient (Wildman–Crippen LogP) is 5.06. The molecule has 2 aromatic carbocycles. The molecular formula is C23H16O3. The van der Waals surface area contributed by atoms with Crippen molar-refractivity contribution in [2.24, 2.45) is 0 Å². The zero-order valence-electron chi connectivity index (χ0n) is 14.1. The molecule has 0 saturated heterocycles. The number of esters is 1. The van der Waals surface area contributed by atoms with Gasteiger partial charge in [-0.2, -0.15) is 0 Å². The van der Waals surface area contributed by atoms with E-state index in [1.807, 2.05) is 42.5 Å². The summed E-state index contributed by atoms with van der Waals surface area (Å²) in [6, 6.07) is 13.1. The SMILES string of the molecule is O=C(OC1=C2C=CC=C(C=Cc3ccc4c(c31)CO4)C2)c1ccccc1. The van der Waals surface area contributed by atoms with Crippen molar-refractivity contribution in [2.75, 3.05) is 0 Å². The Morgan fingerprint density at radius 1 is 1.00 bits per heavy atom. The van der Waals surface area contributed by atoms with Crippen LogP contribution in [0.4, 0.5) is 0 Å². The molecule has 0 atom stereocenters. The summed E-state index contributed by atoms with van der Waals surface area (Å²) in [6.45, 7) is 0.540. The maximum atomic E-state index is 12.8. The van der Waals surface area contributed by atoms with E-state index in [9.17, 15) is 4.79 Å². The minimum Gasteiger partial charge on any atom is -0.488 e. The van der Waals surface area contributed by atoms with E-state index in [4.69, 9.17) is 9.47 Å². The van der Waals surface area contributed by atoms with E-state index in [1.54, 1.807) is 12.1 Å². The number of carbonyl (C=O) groups is 1. The molecule has 5 rings (SSSR count). The number of hydrogen-bond acceptors (Lipinski definition) is 3. The molecule has 2 aromatic rings. The summed E-state index contributed by atoms with van der Waals surface area (Å²) in [4.78, 5) is 12.8. The summed E-state index contributed by atoms with van der Waals surface area (Å²) in [5, 5.41) is 0. The Morgan fingerprint density at radius 3 is 2.69 bits per heavy atom. The van der Waals surface area contributed by atoms with E-state index in [0.29, 0.717) is 17.9 Å². The van der Waals surface area contributed by atoms with Crippen LogP contribution in [0.3, 0.4) is 0 Å². The van der Waals surface area contributed by atoms with Gasteiger partial charge in [0.2, 0.25) is 0 Å². The van der Waals surface area contributed by atoms with Crippen molar-refractivity contribution in [1.29, 1.82) is 0 Å². The zero-order chi connectivity index (χ0) is 17.5. The largest absolute Gasteiger partial charge is 0.488 e. The number of ether oxygens (including phenoxy) is 2. The van der Waals surface area contributed by atoms with E-state index in [0.717, 1.165) is 34.4 Å². The molecular weight excluding hydrogens is 324 g/mol. The summed E-state index contributed by atoms with van der Waals surface area (Å²) < 4.78 is 11.5. The molecule has 3 heteroatoms. The van der Waals surface area contributed by atoms with E-state index in [1.165, 1.54) is 5.57 Å². The van der Waals surface area contributed by atoms with Crippen LogP contribution in [-0.2, 0) is 11.3 Å². The molecule has 0 saturated carbocycles. The number of benzene rings is 2. The van der Waals surface area contributed by atoms with Gasteiger partial charge in [0, 0.05) is 17.5 Å². The van der Waals surface area contributed by atoms with Gasteiger partial charge < -0.3 is 9.47 Å². The summed E-state index contributed by atoms with van der Waals surface area (Å²) >= 11 is 0. The number of fused-ring (bicyclic) bond motifs is 5. The minimum absolute atomic E-state index is 0.342. The standard InChI is InChI=1S/C23H16O3/c24-23(17-6-2-1-3-7-17)26-22-18-8-4-5-15(13-18)9-10-16-11-12-20-19(14-25-20)21(16)22/h1-12H,13-14H2. The molecule has 26 heavy (non-hydrogen) atoms. The first kappa shape index (κ1) is 15.0. The Kier molecular flexibility index (Phi) is 3.39. The van der Waals surface area contributed by atoms with Crippen LogP contribution in [0.5, 0.6) is 5.75 Å². The second-order valence-electron chi connectivity index (χ2n) is 6.52. The molecule has 0 radical (unpaired) electrons. The zero-order valence-corrected chi connectivity index (χ0v) is 14.1. The Labute approximate surface area is 151 Å². The van der Waals surface area contributed by atoms with Crippen LogP contribution in [0.2, 0.25) is 0 Å². The molecule has 0 amide bonds. The van der Waals surface area contributed by atoms with Crippen LogP contribution >= 0.6 is 0 Å². The molecule has 1 aliphatic heterocycles. The van der Waals surface area contributed by atoms with Gasteiger partial charge in [-0.25, -0.2) is 4.79 Å². The van der Waals surface area contributed by atoms with Gasteiger partial charge in [0.25, 0.3) is 0 Å². The average molecular weight is 340 g/mol. The Hall–Kier alpha value is -3.33. The van der Waals surface area contributed by atoms with Gasteiger partial charge >= 0.3 is 5.97 Å². The Balaban J connectivity index is 1.67. The maximum Gasteiger partial charge on any atom is 0.343 e. The second-order valence-corrected chi connectivity index (χ2v) is 6.52. The number of hydrogen-bond donors (Lipinski definition) is 0. The quantitative estimate of drug-likeness (QED) is 0.717. The minimum atomic E-state index is -0.342. The van der Waals surface area contributed by atoms with Gasteiger partial charge in [-0.15, -0.1) is 0 Å². The third-order valence-electron chi connectivity index (χ3n) is 4.88. The molecule has 2 bridgehead atoms. The van der Waals surface area contributed by atoms with Crippen LogP contribution in [-0.4, -0.2) is 5.97 Å². The first-order valence-corrected chi connectivity index (χ1v) is 8.64. The monoisotopic (exact) mass is 340 g/mol. The lowest BCUT2D eigenvalue weighted by atomic mass is 9.87. The third kappa shape index (κ3) is 2.40. The first-order chi connectivity index (χ1) is 12.8. The summed E-state index contributed by atoms with van der Waals surface area (Å²) in [7, 11) is 0. The molecule has 0 aromatic heterocycles. The van der Waals surface area contributed by atoms with Gasteiger partial charge in [-0.3, -0.25) is 0 Å². The van der Waals surface area contributed by atoms with Gasteiger partial charge in [0.1, 0.15) is 18.1 Å². The van der Waals surface area contributed by atoms with Crippen molar-refractivity contribution in [2.45, 2.75) is 13.0 Å². The number of carbonyl (C=O) groups excluding carboxylic acids is 1. The highest BCUT2D eigenvalue weighted by molar-refractivity contribution is 5.95. The topological polar surface area (TPSA) is 35.5 Å². The normalized spacial score (nSPS) is 16.4. The maximum absolute atomic E-state index is 12.8. The van der Waals surface area contributed by atoms with E-state index < -0.39 is 0 Å². The molecule has 1 heterocycles. The van der Waals surface area contributed by atoms with Crippen molar-refractivity contribution >= 4 is 17.8 Å². The Bertz CT molecular complexity index is 1040. The van der Waals surface area contributed by atoms with Gasteiger partial charge in [0.15, 0.2) is 0 Å². The highest BCUT2D eigenvalue weighted by Crippen LogP contribution is 2.42. The fraction of sp³-hybridized carbons (Fsp3) is 0.0870. The first-order valence-electron chi connectivity index (χ1n) is 8.64. The molecule has 0 fully saturated rings. The molecule has 126 valence electrons. The molecule has 3 aliphatic rings. The van der Waals surface area contributed by atoms with Crippen molar-refractivity contribution in [1.82, 2.24) is 0 Å². The summed E-state index contributed by atoms with van der Waals surface area (Å²) in [5.74, 6) is 1.16. The third-order valence-corrected chi connectivity index (χ3v) is 4.88. The number of allylic oxidation sites excluding steroid dienone is 6. The van der Waals surface area contributed by atoms with Crippen molar-refractivity contribution in [3.63, 3.8) is 0 Å². The van der Waals surface area contributed by atoms with E-state index >= 15 is 0 Å². The predicted molar refractivity (Wildman–Crippen MR) is 100 cm³/mol. The summed E-state index contributed by atoms with van der Waals surface area (Å²) in [5.41, 5.74) is 5.86. The van der Waals surface area contributed by atoms with Crippen LogP contribution in [0.25, 0.3) is 11.8 Å². The van der Waals surface area contributed by atoms with Gasteiger partial charge in [0.05, 0.1) is 5.56 Å².